The van der Waals surface area contributed by atoms with Crippen molar-refractivity contribution in [3.63, 3.8) is 0 Å². The number of hydrogen-bond donors (Lipinski definition) is 1. The fraction of sp³-hybridized carbons (Fsp3) is 0.300. The lowest BCUT2D eigenvalue weighted by Crippen LogP contribution is -2.42. The number of rotatable bonds is 5. The Morgan fingerprint density at radius 2 is 1.80 bits per heavy atom. The molecule has 0 aliphatic carbocycles. The summed E-state index contributed by atoms with van der Waals surface area (Å²) in [5.41, 5.74) is 9.11. The highest BCUT2D eigenvalue weighted by molar-refractivity contribution is 5.92. The molecule has 2 N–H and O–H groups in total. The third kappa shape index (κ3) is 4.06. The molecule has 1 atom stereocenters. The third-order valence-electron chi connectivity index (χ3n) is 4.67. The molecule has 0 spiro atoms. The second-order valence-corrected chi connectivity index (χ2v) is 6.33. The quantitative estimate of drug-likeness (QED) is 0.849. The molecule has 1 amide bonds. The zero-order valence-corrected chi connectivity index (χ0v) is 14.3. The Bertz CT molecular complexity index is 771. The first-order valence-corrected chi connectivity index (χ1v) is 8.41. The zero-order valence-electron chi connectivity index (χ0n) is 14.3. The number of fused-ring (bicyclic) bond motifs is 1. The van der Waals surface area contributed by atoms with Gasteiger partial charge in [-0.15, -0.1) is 0 Å². The molecule has 130 valence electrons. The lowest BCUT2D eigenvalue weighted by Gasteiger charge is -2.32. The molecule has 1 aliphatic heterocycles. The van der Waals surface area contributed by atoms with Gasteiger partial charge in [-0.25, -0.2) is 0 Å². The highest BCUT2D eigenvalue weighted by atomic mass is 16.5. The van der Waals surface area contributed by atoms with Crippen molar-refractivity contribution >= 4 is 11.9 Å². The fourth-order valence-corrected chi connectivity index (χ4v) is 3.04. The molecule has 2 aromatic carbocycles. The van der Waals surface area contributed by atoms with Crippen LogP contribution in [-0.2, 0) is 29.1 Å². The number of hydrogen-bond acceptors (Lipinski definition) is 4. The minimum absolute atomic E-state index is 0.187. The van der Waals surface area contributed by atoms with Crippen LogP contribution in [0.2, 0.25) is 0 Å². The van der Waals surface area contributed by atoms with Crippen LogP contribution in [0.1, 0.15) is 34.0 Å². The largest absolute Gasteiger partial charge is 0.460 e. The van der Waals surface area contributed by atoms with Gasteiger partial charge in [0.15, 0.2) is 0 Å². The standard InChI is InChI=1S/C20H22N2O3/c1-14(22-11-10-16-4-2-3-5-18(16)12-22)20(24)25-13-15-6-8-17(9-7-15)19(21)23/h2-9,14H,10-13H2,1H3,(H2,21,23)/t14-/m0/s1. The van der Waals surface area contributed by atoms with Crippen molar-refractivity contribution in [2.75, 3.05) is 6.54 Å². The number of carbonyl (C=O) groups is 2. The Labute approximate surface area is 147 Å². The molecule has 25 heavy (non-hydrogen) atoms. The summed E-state index contributed by atoms with van der Waals surface area (Å²) in [6.45, 7) is 3.68. The molecule has 1 aliphatic rings. The summed E-state index contributed by atoms with van der Waals surface area (Å²) in [5, 5.41) is 0. The maximum atomic E-state index is 12.4. The monoisotopic (exact) mass is 338 g/mol. The van der Waals surface area contributed by atoms with Gasteiger partial charge in [-0.1, -0.05) is 36.4 Å². The first kappa shape index (κ1) is 17.2. The number of amides is 1. The average Bonchev–Trinajstić information content (AvgIpc) is 2.65. The average molecular weight is 338 g/mol. The van der Waals surface area contributed by atoms with Gasteiger partial charge in [-0.3, -0.25) is 14.5 Å². The van der Waals surface area contributed by atoms with E-state index in [1.807, 2.05) is 13.0 Å². The van der Waals surface area contributed by atoms with E-state index in [1.54, 1.807) is 24.3 Å². The highest BCUT2D eigenvalue weighted by Gasteiger charge is 2.26. The first-order valence-electron chi connectivity index (χ1n) is 8.41. The lowest BCUT2D eigenvalue weighted by atomic mass is 9.99. The molecule has 0 saturated carbocycles. The first-order chi connectivity index (χ1) is 12.0. The van der Waals surface area contributed by atoms with E-state index in [1.165, 1.54) is 11.1 Å². The summed E-state index contributed by atoms with van der Waals surface area (Å²) in [6, 6.07) is 14.8. The number of primary amides is 1. The molecular weight excluding hydrogens is 316 g/mol. The van der Waals surface area contributed by atoms with Crippen LogP contribution in [0.5, 0.6) is 0 Å². The Morgan fingerprint density at radius 3 is 2.48 bits per heavy atom. The maximum Gasteiger partial charge on any atom is 0.323 e. The molecule has 1 heterocycles. The van der Waals surface area contributed by atoms with Crippen molar-refractivity contribution in [2.24, 2.45) is 5.73 Å². The van der Waals surface area contributed by atoms with Crippen molar-refractivity contribution < 1.29 is 14.3 Å². The Kier molecular flexibility index (Phi) is 5.14. The van der Waals surface area contributed by atoms with Crippen LogP contribution in [0.25, 0.3) is 0 Å². The Hall–Kier alpha value is -2.66. The number of nitrogens with two attached hydrogens (primary N) is 1. The van der Waals surface area contributed by atoms with E-state index in [9.17, 15) is 9.59 Å². The van der Waals surface area contributed by atoms with E-state index in [-0.39, 0.29) is 18.6 Å². The van der Waals surface area contributed by atoms with E-state index < -0.39 is 5.91 Å². The number of ether oxygens (including phenoxy) is 1. The van der Waals surface area contributed by atoms with Gasteiger partial charge in [0.25, 0.3) is 0 Å². The smallest absolute Gasteiger partial charge is 0.323 e. The summed E-state index contributed by atoms with van der Waals surface area (Å²) in [4.78, 5) is 25.6. The van der Waals surface area contributed by atoms with Crippen LogP contribution in [0.15, 0.2) is 48.5 Å². The van der Waals surface area contributed by atoms with Crippen LogP contribution < -0.4 is 5.73 Å². The van der Waals surface area contributed by atoms with Gasteiger partial charge in [0, 0.05) is 18.7 Å². The molecule has 0 fully saturated rings. The van der Waals surface area contributed by atoms with Crippen LogP contribution >= 0.6 is 0 Å². The van der Waals surface area contributed by atoms with Crippen LogP contribution in [0.4, 0.5) is 0 Å². The molecular formula is C20H22N2O3. The van der Waals surface area contributed by atoms with Gasteiger partial charge in [0.1, 0.15) is 12.6 Å². The zero-order chi connectivity index (χ0) is 17.8. The van der Waals surface area contributed by atoms with E-state index in [0.717, 1.165) is 25.1 Å². The minimum Gasteiger partial charge on any atom is -0.460 e. The molecule has 0 unspecified atom stereocenters. The van der Waals surface area contributed by atoms with Gasteiger partial charge in [0.2, 0.25) is 5.91 Å². The summed E-state index contributed by atoms with van der Waals surface area (Å²) >= 11 is 0. The molecule has 2 aromatic rings. The number of benzene rings is 2. The Balaban J connectivity index is 1.55. The summed E-state index contributed by atoms with van der Waals surface area (Å²) < 4.78 is 5.43. The highest BCUT2D eigenvalue weighted by Crippen LogP contribution is 2.20. The van der Waals surface area contributed by atoms with Crippen molar-refractivity contribution in [1.82, 2.24) is 4.90 Å². The molecule has 0 bridgehead atoms. The summed E-state index contributed by atoms with van der Waals surface area (Å²) in [7, 11) is 0. The van der Waals surface area contributed by atoms with Crippen LogP contribution in [-0.4, -0.2) is 29.4 Å². The number of carbonyl (C=O) groups excluding carboxylic acids is 2. The predicted molar refractivity (Wildman–Crippen MR) is 94.8 cm³/mol. The lowest BCUT2D eigenvalue weighted by molar-refractivity contribution is -0.151. The molecule has 0 radical (unpaired) electrons. The topological polar surface area (TPSA) is 72.6 Å². The normalized spacial score (nSPS) is 15.2. The van der Waals surface area contributed by atoms with Gasteiger partial charge in [-0.2, -0.15) is 0 Å². The SMILES string of the molecule is C[C@@H](C(=O)OCc1ccc(C(N)=O)cc1)N1CCc2ccccc2C1. The molecule has 0 aromatic heterocycles. The van der Waals surface area contributed by atoms with E-state index in [0.29, 0.717) is 5.56 Å². The molecule has 3 rings (SSSR count). The second kappa shape index (κ2) is 7.49. The number of nitrogens with zero attached hydrogens (tertiary/aromatic N) is 1. The van der Waals surface area contributed by atoms with E-state index >= 15 is 0 Å². The molecule has 5 heteroatoms. The van der Waals surface area contributed by atoms with Gasteiger partial charge < -0.3 is 10.5 Å². The van der Waals surface area contributed by atoms with E-state index in [2.05, 4.69) is 23.1 Å². The second-order valence-electron chi connectivity index (χ2n) is 6.33. The molecule has 5 nitrogen and oxygen atoms in total. The van der Waals surface area contributed by atoms with Crippen molar-refractivity contribution in [2.45, 2.75) is 32.5 Å². The summed E-state index contributed by atoms with van der Waals surface area (Å²) in [5.74, 6) is -0.707. The maximum absolute atomic E-state index is 12.4. The fourth-order valence-electron chi connectivity index (χ4n) is 3.04. The van der Waals surface area contributed by atoms with Gasteiger partial charge >= 0.3 is 5.97 Å². The van der Waals surface area contributed by atoms with Gasteiger partial charge in [0.05, 0.1) is 0 Å². The third-order valence-corrected chi connectivity index (χ3v) is 4.67. The summed E-state index contributed by atoms with van der Waals surface area (Å²) in [6.07, 6.45) is 0.947. The van der Waals surface area contributed by atoms with Crippen molar-refractivity contribution in [1.29, 1.82) is 0 Å². The van der Waals surface area contributed by atoms with E-state index in [4.69, 9.17) is 10.5 Å². The van der Waals surface area contributed by atoms with Crippen molar-refractivity contribution in [3.8, 4) is 0 Å². The minimum atomic E-state index is -0.470. The predicted octanol–water partition coefficient (Wildman–Crippen LogP) is 2.28. The van der Waals surface area contributed by atoms with Crippen molar-refractivity contribution in [3.05, 3.63) is 70.8 Å². The van der Waals surface area contributed by atoms with Gasteiger partial charge in [-0.05, 0) is 42.2 Å². The molecule has 0 saturated heterocycles. The van der Waals surface area contributed by atoms with Crippen LogP contribution in [0.3, 0.4) is 0 Å². The Morgan fingerprint density at radius 1 is 1.12 bits per heavy atom. The number of esters is 1. The van der Waals surface area contributed by atoms with Crippen LogP contribution in [0, 0.1) is 0 Å².